The minimum atomic E-state index is -0.290. The van der Waals surface area contributed by atoms with Gasteiger partial charge in [0, 0.05) is 12.1 Å². The molecule has 3 N–H and O–H groups in total. The van der Waals surface area contributed by atoms with Gasteiger partial charge in [-0.2, -0.15) is 0 Å². The third-order valence-corrected chi connectivity index (χ3v) is 4.62. The number of hydrogen-bond donors (Lipinski definition) is 2. The standard InChI is InChI=1S/C18H22N2O3/c1-23-13-7-5-12-6-8-17(21)15(14(12)10-13)11-20-9-3-2-4-16(20)18(19)22/h5-8,10,16,21H,2-4,9,11H2,1H3,(H2,19,22). The van der Waals surface area contributed by atoms with Crippen LogP contribution in [-0.4, -0.2) is 35.6 Å². The number of ether oxygens (including phenoxy) is 1. The van der Waals surface area contributed by atoms with Crippen LogP contribution in [0.5, 0.6) is 11.5 Å². The number of aromatic hydroxyl groups is 1. The molecule has 3 rings (SSSR count). The predicted molar refractivity (Wildman–Crippen MR) is 89.4 cm³/mol. The van der Waals surface area contributed by atoms with Gasteiger partial charge in [0.2, 0.25) is 5.91 Å². The zero-order valence-electron chi connectivity index (χ0n) is 13.3. The number of carbonyl (C=O) groups excluding carboxylic acids is 1. The van der Waals surface area contributed by atoms with Gasteiger partial charge in [-0.25, -0.2) is 0 Å². The third kappa shape index (κ3) is 3.10. The molecule has 1 fully saturated rings. The van der Waals surface area contributed by atoms with Crippen molar-refractivity contribution in [3.8, 4) is 11.5 Å². The lowest BCUT2D eigenvalue weighted by molar-refractivity contribution is -0.124. The van der Waals surface area contributed by atoms with E-state index in [-0.39, 0.29) is 17.7 Å². The van der Waals surface area contributed by atoms with Gasteiger partial charge < -0.3 is 15.6 Å². The highest BCUT2D eigenvalue weighted by molar-refractivity contribution is 5.89. The number of piperidine rings is 1. The predicted octanol–water partition coefficient (Wildman–Crippen LogP) is 2.39. The summed E-state index contributed by atoms with van der Waals surface area (Å²) in [5.41, 5.74) is 6.36. The maximum absolute atomic E-state index is 11.7. The Labute approximate surface area is 135 Å². The van der Waals surface area contributed by atoms with E-state index in [4.69, 9.17) is 10.5 Å². The number of phenolic OH excluding ortho intramolecular Hbond substituents is 1. The number of hydrogen-bond acceptors (Lipinski definition) is 4. The van der Waals surface area contributed by atoms with Crippen LogP contribution in [0.2, 0.25) is 0 Å². The summed E-state index contributed by atoms with van der Waals surface area (Å²) in [5.74, 6) is 0.691. The highest BCUT2D eigenvalue weighted by atomic mass is 16.5. The summed E-state index contributed by atoms with van der Waals surface area (Å²) >= 11 is 0. The van der Waals surface area contributed by atoms with Gasteiger partial charge in [0.1, 0.15) is 11.5 Å². The Morgan fingerprint density at radius 3 is 2.87 bits per heavy atom. The third-order valence-electron chi connectivity index (χ3n) is 4.62. The van der Waals surface area contributed by atoms with Gasteiger partial charge in [-0.3, -0.25) is 9.69 Å². The lowest BCUT2D eigenvalue weighted by atomic mass is 9.98. The first-order valence-electron chi connectivity index (χ1n) is 7.92. The fraction of sp³-hybridized carbons (Fsp3) is 0.389. The maximum Gasteiger partial charge on any atom is 0.234 e. The van der Waals surface area contributed by atoms with Crippen LogP contribution in [-0.2, 0) is 11.3 Å². The molecule has 1 heterocycles. The number of rotatable bonds is 4. The first-order chi connectivity index (χ1) is 11.1. The van der Waals surface area contributed by atoms with E-state index in [1.54, 1.807) is 13.2 Å². The van der Waals surface area contributed by atoms with Crippen molar-refractivity contribution >= 4 is 16.7 Å². The van der Waals surface area contributed by atoms with Crippen LogP contribution < -0.4 is 10.5 Å². The fourth-order valence-corrected chi connectivity index (χ4v) is 3.35. The largest absolute Gasteiger partial charge is 0.508 e. The Bertz CT molecular complexity index is 730. The molecule has 5 heteroatoms. The molecule has 1 unspecified atom stereocenters. The van der Waals surface area contributed by atoms with Gasteiger partial charge in [0.15, 0.2) is 0 Å². The number of likely N-dealkylation sites (tertiary alicyclic amines) is 1. The number of carbonyl (C=O) groups is 1. The summed E-state index contributed by atoms with van der Waals surface area (Å²) < 4.78 is 5.30. The quantitative estimate of drug-likeness (QED) is 0.908. The Balaban J connectivity index is 2.00. The normalized spacial score (nSPS) is 18.9. The monoisotopic (exact) mass is 314 g/mol. The van der Waals surface area contributed by atoms with E-state index in [0.29, 0.717) is 6.54 Å². The Morgan fingerprint density at radius 1 is 1.35 bits per heavy atom. The van der Waals surface area contributed by atoms with Gasteiger partial charge in [0.05, 0.1) is 13.2 Å². The summed E-state index contributed by atoms with van der Waals surface area (Å²) in [6.45, 7) is 1.32. The molecule has 23 heavy (non-hydrogen) atoms. The van der Waals surface area contributed by atoms with Crippen molar-refractivity contribution in [3.63, 3.8) is 0 Å². The molecule has 1 amide bonds. The first kappa shape index (κ1) is 15.6. The van der Waals surface area contributed by atoms with Crippen LogP contribution in [0.3, 0.4) is 0 Å². The van der Waals surface area contributed by atoms with E-state index in [9.17, 15) is 9.90 Å². The highest BCUT2D eigenvalue weighted by Gasteiger charge is 2.27. The van der Waals surface area contributed by atoms with E-state index in [1.807, 2.05) is 24.3 Å². The summed E-state index contributed by atoms with van der Waals surface area (Å²) in [6, 6.07) is 9.12. The van der Waals surface area contributed by atoms with Crippen molar-refractivity contribution in [1.29, 1.82) is 0 Å². The number of nitrogens with zero attached hydrogens (tertiary/aromatic N) is 1. The summed E-state index contributed by atoms with van der Waals surface area (Å²) in [6.07, 6.45) is 2.84. The van der Waals surface area contributed by atoms with Crippen LogP contribution >= 0.6 is 0 Å². The van der Waals surface area contributed by atoms with Crippen molar-refractivity contribution in [3.05, 3.63) is 35.9 Å². The molecule has 1 saturated heterocycles. The molecule has 2 aromatic carbocycles. The molecule has 5 nitrogen and oxygen atoms in total. The number of phenols is 1. The first-order valence-corrected chi connectivity index (χ1v) is 7.92. The molecule has 0 radical (unpaired) electrons. The maximum atomic E-state index is 11.7. The number of nitrogens with two attached hydrogens (primary N) is 1. The topological polar surface area (TPSA) is 75.8 Å². The molecule has 0 aromatic heterocycles. The zero-order valence-corrected chi connectivity index (χ0v) is 13.3. The molecular weight excluding hydrogens is 292 g/mol. The molecular formula is C18H22N2O3. The zero-order chi connectivity index (χ0) is 16.4. The SMILES string of the molecule is COc1ccc2ccc(O)c(CN3CCCCC3C(N)=O)c2c1. The van der Waals surface area contributed by atoms with Crippen LogP contribution in [0.1, 0.15) is 24.8 Å². The van der Waals surface area contributed by atoms with Crippen LogP contribution in [0.15, 0.2) is 30.3 Å². The lowest BCUT2D eigenvalue weighted by Gasteiger charge is -2.34. The average molecular weight is 314 g/mol. The highest BCUT2D eigenvalue weighted by Crippen LogP contribution is 2.32. The van der Waals surface area contributed by atoms with Gasteiger partial charge in [-0.05, 0) is 48.4 Å². The van der Waals surface area contributed by atoms with Crippen molar-refractivity contribution in [2.24, 2.45) is 5.73 Å². The minimum absolute atomic E-state index is 0.236. The molecule has 0 aliphatic carbocycles. The molecule has 0 spiro atoms. The van der Waals surface area contributed by atoms with Crippen LogP contribution in [0, 0.1) is 0 Å². The van der Waals surface area contributed by atoms with Gasteiger partial charge in [-0.1, -0.05) is 18.6 Å². The van der Waals surface area contributed by atoms with E-state index in [1.165, 1.54) is 0 Å². The molecule has 0 saturated carbocycles. The number of amides is 1. The molecule has 1 aliphatic heterocycles. The molecule has 2 aromatic rings. The van der Waals surface area contributed by atoms with Crippen molar-refractivity contribution in [2.75, 3.05) is 13.7 Å². The average Bonchev–Trinajstić information content (AvgIpc) is 2.57. The number of primary amides is 1. The number of benzene rings is 2. The summed E-state index contributed by atoms with van der Waals surface area (Å²) in [4.78, 5) is 13.8. The van der Waals surface area contributed by atoms with Gasteiger partial charge >= 0.3 is 0 Å². The summed E-state index contributed by atoms with van der Waals surface area (Å²) in [7, 11) is 1.62. The van der Waals surface area contributed by atoms with E-state index in [0.717, 1.165) is 47.9 Å². The van der Waals surface area contributed by atoms with Gasteiger partial charge in [-0.15, -0.1) is 0 Å². The van der Waals surface area contributed by atoms with Crippen LogP contribution in [0.4, 0.5) is 0 Å². The second kappa shape index (κ2) is 6.46. The molecule has 1 atom stereocenters. The summed E-state index contributed by atoms with van der Waals surface area (Å²) in [5, 5.41) is 12.3. The molecule has 1 aliphatic rings. The van der Waals surface area contributed by atoms with Crippen molar-refractivity contribution in [2.45, 2.75) is 31.8 Å². The minimum Gasteiger partial charge on any atom is -0.508 e. The number of fused-ring (bicyclic) bond motifs is 1. The van der Waals surface area contributed by atoms with Crippen molar-refractivity contribution in [1.82, 2.24) is 4.90 Å². The Hall–Kier alpha value is -2.27. The molecule has 122 valence electrons. The Kier molecular flexibility index (Phi) is 4.39. The van der Waals surface area contributed by atoms with Gasteiger partial charge in [0.25, 0.3) is 0 Å². The second-order valence-electron chi connectivity index (χ2n) is 6.03. The smallest absolute Gasteiger partial charge is 0.234 e. The van der Waals surface area contributed by atoms with Crippen molar-refractivity contribution < 1.29 is 14.6 Å². The van der Waals surface area contributed by atoms with E-state index < -0.39 is 0 Å². The van der Waals surface area contributed by atoms with E-state index in [2.05, 4.69) is 4.90 Å². The van der Waals surface area contributed by atoms with E-state index >= 15 is 0 Å². The van der Waals surface area contributed by atoms with Crippen LogP contribution in [0.25, 0.3) is 10.8 Å². The fourth-order valence-electron chi connectivity index (χ4n) is 3.35. The molecule has 0 bridgehead atoms. The lowest BCUT2D eigenvalue weighted by Crippen LogP contribution is -2.47. The Morgan fingerprint density at radius 2 is 2.13 bits per heavy atom. The number of methoxy groups -OCH3 is 1. The second-order valence-corrected chi connectivity index (χ2v) is 6.03.